The first-order valence-corrected chi connectivity index (χ1v) is 3.99. The summed E-state index contributed by atoms with van der Waals surface area (Å²) in [6.07, 6.45) is 0.571. The van der Waals surface area contributed by atoms with Crippen LogP contribution in [-0.4, -0.2) is 20.8 Å². The highest BCUT2D eigenvalue weighted by Gasteiger charge is 2.25. The molecule has 14 heavy (non-hydrogen) atoms. The van der Waals surface area contributed by atoms with Crippen molar-refractivity contribution < 1.29 is 14.3 Å². The Morgan fingerprint density at radius 3 is 3.14 bits per heavy atom. The van der Waals surface area contributed by atoms with Crippen molar-refractivity contribution in [2.75, 3.05) is 0 Å². The fourth-order valence-electron chi connectivity index (χ4n) is 1.48. The minimum Gasteiger partial charge on any atom is -0.392 e. The zero-order valence-corrected chi connectivity index (χ0v) is 7.22. The standard InChI is InChI=1S/C8H5N3O3/c1-4-2-5-6-7(14-8(12)13-5)9-3-10-11(4)6/h2-3H,1H3. The normalized spacial score (nSPS) is 13.9. The second-order valence-electron chi connectivity index (χ2n) is 2.93. The fourth-order valence-corrected chi connectivity index (χ4v) is 1.48. The Morgan fingerprint density at radius 1 is 1.43 bits per heavy atom. The van der Waals surface area contributed by atoms with E-state index in [0.717, 1.165) is 5.69 Å². The number of rotatable bonds is 0. The topological polar surface area (TPSA) is 65.7 Å². The lowest BCUT2D eigenvalue weighted by Gasteiger charge is -2.10. The van der Waals surface area contributed by atoms with E-state index in [1.165, 1.54) is 6.33 Å². The van der Waals surface area contributed by atoms with Crippen LogP contribution in [0.1, 0.15) is 5.69 Å². The van der Waals surface area contributed by atoms with Crippen molar-refractivity contribution in [2.24, 2.45) is 0 Å². The summed E-state index contributed by atoms with van der Waals surface area (Å²) in [5.74, 6) is 0.675. The molecule has 70 valence electrons. The van der Waals surface area contributed by atoms with Crippen molar-refractivity contribution in [2.45, 2.75) is 6.92 Å². The molecule has 1 aliphatic rings. The average Bonchev–Trinajstić information content (AvgIpc) is 2.45. The molecule has 0 saturated carbocycles. The van der Waals surface area contributed by atoms with E-state index in [9.17, 15) is 4.79 Å². The van der Waals surface area contributed by atoms with Crippen LogP contribution in [-0.2, 0) is 0 Å². The van der Waals surface area contributed by atoms with E-state index < -0.39 is 6.16 Å². The lowest BCUT2D eigenvalue weighted by molar-refractivity contribution is 0.146. The van der Waals surface area contributed by atoms with Crippen molar-refractivity contribution in [3.63, 3.8) is 0 Å². The lowest BCUT2D eigenvalue weighted by Crippen LogP contribution is -2.19. The fraction of sp³-hybridized carbons (Fsp3) is 0.125. The van der Waals surface area contributed by atoms with Gasteiger partial charge in [0.15, 0.2) is 11.3 Å². The predicted octanol–water partition coefficient (Wildman–Crippen LogP) is 0.929. The Labute approximate surface area is 78.1 Å². The van der Waals surface area contributed by atoms with Crippen molar-refractivity contribution in [3.8, 4) is 11.6 Å². The first-order chi connectivity index (χ1) is 6.75. The largest absolute Gasteiger partial charge is 0.520 e. The average molecular weight is 191 g/mol. The Kier molecular flexibility index (Phi) is 1.16. The third kappa shape index (κ3) is 0.769. The molecule has 3 heterocycles. The molecule has 2 aromatic rings. The molecule has 0 aromatic carbocycles. The van der Waals surface area contributed by atoms with Crippen LogP contribution in [0.2, 0.25) is 0 Å². The number of aryl methyl sites for hydroxylation is 1. The molecule has 0 N–H and O–H groups in total. The molecule has 3 rings (SSSR count). The summed E-state index contributed by atoms with van der Waals surface area (Å²) in [5, 5.41) is 4.00. The van der Waals surface area contributed by atoms with Gasteiger partial charge in [0.2, 0.25) is 0 Å². The molecule has 6 nitrogen and oxygen atoms in total. The molecule has 0 unspecified atom stereocenters. The number of ether oxygens (including phenoxy) is 2. The van der Waals surface area contributed by atoms with Gasteiger partial charge in [-0.2, -0.15) is 10.1 Å². The first kappa shape index (κ1) is 7.31. The summed E-state index contributed by atoms with van der Waals surface area (Å²) in [6, 6.07) is 1.72. The van der Waals surface area contributed by atoms with E-state index in [-0.39, 0.29) is 5.88 Å². The Morgan fingerprint density at radius 2 is 2.29 bits per heavy atom. The molecule has 0 atom stereocenters. The van der Waals surface area contributed by atoms with Gasteiger partial charge in [-0.05, 0) is 6.92 Å². The molecule has 0 spiro atoms. The van der Waals surface area contributed by atoms with Gasteiger partial charge in [0, 0.05) is 11.8 Å². The molecular formula is C8H5N3O3. The van der Waals surface area contributed by atoms with Gasteiger partial charge in [-0.15, -0.1) is 0 Å². The van der Waals surface area contributed by atoms with Crippen molar-refractivity contribution in [1.29, 1.82) is 0 Å². The minimum atomic E-state index is -0.760. The maximum Gasteiger partial charge on any atom is 0.520 e. The van der Waals surface area contributed by atoms with Gasteiger partial charge in [-0.1, -0.05) is 0 Å². The van der Waals surface area contributed by atoms with Crippen LogP contribution in [0.25, 0.3) is 5.52 Å². The molecule has 0 amide bonds. The van der Waals surface area contributed by atoms with Gasteiger partial charge in [0.05, 0.1) is 0 Å². The van der Waals surface area contributed by atoms with Gasteiger partial charge in [0.1, 0.15) is 6.33 Å². The number of aromatic nitrogens is 3. The summed E-state index contributed by atoms with van der Waals surface area (Å²) in [7, 11) is 0. The zero-order chi connectivity index (χ0) is 9.71. The van der Waals surface area contributed by atoms with Gasteiger partial charge in [0.25, 0.3) is 5.88 Å². The number of carbonyl (C=O) groups excluding carboxylic acids is 1. The maximum atomic E-state index is 11.0. The van der Waals surface area contributed by atoms with Crippen LogP contribution in [0, 0.1) is 6.92 Å². The van der Waals surface area contributed by atoms with E-state index in [4.69, 9.17) is 9.47 Å². The summed E-state index contributed by atoms with van der Waals surface area (Å²) < 4.78 is 11.3. The van der Waals surface area contributed by atoms with Crippen molar-refractivity contribution in [3.05, 3.63) is 18.1 Å². The highest BCUT2D eigenvalue weighted by molar-refractivity contribution is 5.81. The Hall–Kier alpha value is -2.11. The highest BCUT2D eigenvalue weighted by atomic mass is 16.7. The Bertz CT molecular complexity index is 546. The molecule has 1 aliphatic heterocycles. The Balaban J connectivity index is 2.46. The predicted molar refractivity (Wildman–Crippen MR) is 44.4 cm³/mol. The molecular weight excluding hydrogens is 186 g/mol. The first-order valence-electron chi connectivity index (χ1n) is 3.99. The van der Waals surface area contributed by atoms with E-state index in [1.807, 2.05) is 6.92 Å². The van der Waals surface area contributed by atoms with Crippen LogP contribution in [0.3, 0.4) is 0 Å². The van der Waals surface area contributed by atoms with Crippen molar-refractivity contribution >= 4 is 11.7 Å². The maximum absolute atomic E-state index is 11.0. The van der Waals surface area contributed by atoms with E-state index in [2.05, 4.69) is 10.1 Å². The van der Waals surface area contributed by atoms with E-state index in [1.54, 1.807) is 10.6 Å². The third-order valence-corrected chi connectivity index (χ3v) is 2.04. The third-order valence-electron chi connectivity index (χ3n) is 2.04. The SMILES string of the molecule is Cc1cc2c3c(ncnn13)OC(=O)O2. The molecule has 6 heteroatoms. The molecule has 0 radical (unpaired) electrons. The van der Waals surface area contributed by atoms with Gasteiger partial charge < -0.3 is 9.47 Å². The van der Waals surface area contributed by atoms with Gasteiger partial charge >= 0.3 is 6.16 Å². The van der Waals surface area contributed by atoms with Crippen LogP contribution in [0.5, 0.6) is 11.6 Å². The van der Waals surface area contributed by atoms with E-state index >= 15 is 0 Å². The van der Waals surface area contributed by atoms with Crippen LogP contribution >= 0.6 is 0 Å². The van der Waals surface area contributed by atoms with Crippen LogP contribution in [0.4, 0.5) is 4.79 Å². The smallest absolute Gasteiger partial charge is 0.392 e. The van der Waals surface area contributed by atoms with Crippen LogP contribution in [0.15, 0.2) is 12.4 Å². The summed E-state index contributed by atoms with van der Waals surface area (Å²) in [4.78, 5) is 14.8. The summed E-state index contributed by atoms with van der Waals surface area (Å²) in [5.41, 5.74) is 1.45. The number of hydrogen-bond acceptors (Lipinski definition) is 5. The van der Waals surface area contributed by atoms with Gasteiger partial charge in [-0.25, -0.2) is 9.31 Å². The molecule has 0 fully saturated rings. The molecule has 0 bridgehead atoms. The zero-order valence-electron chi connectivity index (χ0n) is 7.22. The number of carbonyl (C=O) groups is 1. The highest BCUT2D eigenvalue weighted by Crippen LogP contribution is 2.33. The lowest BCUT2D eigenvalue weighted by atomic mass is 10.4. The summed E-state index contributed by atoms with van der Waals surface area (Å²) in [6.45, 7) is 1.85. The number of hydrogen-bond donors (Lipinski definition) is 0. The van der Waals surface area contributed by atoms with Crippen molar-refractivity contribution in [1.82, 2.24) is 14.6 Å². The monoisotopic (exact) mass is 191 g/mol. The quantitative estimate of drug-likeness (QED) is 0.579. The molecule has 0 saturated heterocycles. The second-order valence-corrected chi connectivity index (χ2v) is 2.93. The van der Waals surface area contributed by atoms with E-state index in [0.29, 0.717) is 11.3 Å². The van der Waals surface area contributed by atoms with Crippen LogP contribution < -0.4 is 9.47 Å². The summed E-state index contributed by atoms with van der Waals surface area (Å²) >= 11 is 0. The van der Waals surface area contributed by atoms with Gasteiger partial charge in [-0.3, -0.25) is 0 Å². The molecule has 0 aliphatic carbocycles. The number of nitrogens with zero attached hydrogens (tertiary/aromatic N) is 3. The minimum absolute atomic E-state index is 0.236. The second kappa shape index (κ2) is 2.22. The molecule has 2 aromatic heterocycles.